The van der Waals surface area contributed by atoms with Gasteiger partial charge in [-0.1, -0.05) is 60.7 Å². The van der Waals surface area contributed by atoms with Crippen molar-refractivity contribution in [2.45, 2.75) is 0 Å². The summed E-state index contributed by atoms with van der Waals surface area (Å²) in [5.74, 6) is -0.204. The highest BCUT2D eigenvalue weighted by atomic mass is 16.5. The summed E-state index contributed by atoms with van der Waals surface area (Å²) in [6.45, 7) is 0. The third kappa shape index (κ3) is 3.98. The van der Waals surface area contributed by atoms with Crippen molar-refractivity contribution in [3.63, 3.8) is 0 Å². The van der Waals surface area contributed by atoms with E-state index < -0.39 is 5.97 Å². The first-order valence-corrected chi connectivity index (χ1v) is 9.43. The first-order chi connectivity index (χ1) is 14.6. The Morgan fingerprint density at radius 1 is 0.633 bits per heavy atom. The normalized spacial score (nSPS) is 10.4. The van der Waals surface area contributed by atoms with Gasteiger partial charge in [-0.15, -0.1) is 0 Å². The second-order valence-corrected chi connectivity index (χ2v) is 6.67. The van der Waals surface area contributed by atoms with Crippen molar-refractivity contribution in [1.29, 1.82) is 0 Å². The van der Waals surface area contributed by atoms with Gasteiger partial charge in [0.2, 0.25) is 0 Å². The van der Waals surface area contributed by atoms with Crippen molar-refractivity contribution in [1.82, 2.24) is 0 Å². The van der Waals surface area contributed by atoms with E-state index >= 15 is 0 Å². The molecule has 0 aliphatic heterocycles. The van der Waals surface area contributed by atoms with E-state index in [4.69, 9.17) is 4.74 Å². The Hall–Kier alpha value is -4.18. The van der Waals surface area contributed by atoms with Crippen LogP contribution in [0.3, 0.4) is 0 Å². The van der Waals surface area contributed by atoms with Crippen LogP contribution in [0.4, 0.5) is 0 Å². The van der Waals surface area contributed by atoms with Crippen LogP contribution in [-0.4, -0.2) is 16.9 Å². The van der Waals surface area contributed by atoms with Crippen molar-refractivity contribution >= 4 is 11.8 Å². The van der Waals surface area contributed by atoms with Gasteiger partial charge in [0.15, 0.2) is 5.78 Å². The first-order valence-electron chi connectivity index (χ1n) is 9.43. The molecule has 0 amide bonds. The fourth-order valence-corrected chi connectivity index (χ4v) is 3.28. The smallest absolute Gasteiger partial charge is 0.336 e. The van der Waals surface area contributed by atoms with Crippen LogP contribution >= 0.6 is 0 Å². The molecule has 0 aliphatic carbocycles. The topological polar surface area (TPSA) is 63.6 Å². The monoisotopic (exact) mass is 394 g/mol. The van der Waals surface area contributed by atoms with Gasteiger partial charge in [-0.2, -0.15) is 0 Å². The van der Waals surface area contributed by atoms with Crippen LogP contribution in [0.5, 0.6) is 11.5 Å². The van der Waals surface area contributed by atoms with E-state index in [1.165, 1.54) is 6.07 Å². The molecule has 1 N–H and O–H groups in total. The van der Waals surface area contributed by atoms with E-state index in [9.17, 15) is 14.7 Å². The SMILES string of the molecule is O=C(O)c1cccc(-c2ccccc2)c1C(=O)c1ccc(Oc2ccccc2)cc1. The Morgan fingerprint density at radius 3 is 1.87 bits per heavy atom. The highest BCUT2D eigenvalue weighted by Gasteiger charge is 2.22. The fourth-order valence-electron chi connectivity index (χ4n) is 3.28. The average Bonchev–Trinajstić information content (AvgIpc) is 2.80. The molecule has 0 aliphatic rings. The van der Waals surface area contributed by atoms with E-state index in [1.807, 2.05) is 60.7 Å². The number of benzene rings is 4. The molecule has 0 unspecified atom stereocenters. The number of ketones is 1. The molecule has 0 spiro atoms. The summed E-state index contributed by atoms with van der Waals surface area (Å²) in [6.07, 6.45) is 0. The molecule has 4 heteroatoms. The summed E-state index contributed by atoms with van der Waals surface area (Å²) in [5.41, 5.74) is 1.92. The number of hydrogen-bond donors (Lipinski definition) is 1. The van der Waals surface area contributed by atoms with E-state index in [-0.39, 0.29) is 16.9 Å². The van der Waals surface area contributed by atoms with E-state index in [0.717, 1.165) is 5.56 Å². The van der Waals surface area contributed by atoms with Crippen molar-refractivity contribution in [3.05, 3.63) is 120 Å². The molecule has 30 heavy (non-hydrogen) atoms. The summed E-state index contributed by atoms with van der Waals surface area (Å²) in [5, 5.41) is 9.67. The molecule has 0 saturated carbocycles. The average molecular weight is 394 g/mol. The quantitative estimate of drug-likeness (QED) is 0.403. The van der Waals surface area contributed by atoms with Crippen LogP contribution in [-0.2, 0) is 0 Å². The second kappa shape index (κ2) is 8.45. The molecule has 0 saturated heterocycles. The number of ether oxygens (including phenoxy) is 1. The number of rotatable bonds is 6. The third-order valence-corrected chi connectivity index (χ3v) is 4.70. The first kappa shape index (κ1) is 19.2. The summed E-state index contributed by atoms with van der Waals surface area (Å²) in [4.78, 5) is 25.2. The third-order valence-electron chi connectivity index (χ3n) is 4.70. The van der Waals surface area contributed by atoms with E-state index in [1.54, 1.807) is 36.4 Å². The van der Waals surface area contributed by atoms with Crippen molar-refractivity contribution in [3.8, 4) is 22.6 Å². The Morgan fingerprint density at radius 2 is 1.23 bits per heavy atom. The zero-order chi connectivity index (χ0) is 20.9. The van der Waals surface area contributed by atoms with E-state index in [2.05, 4.69) is 0 Å². The molecule has 0 bridgehead atoms. The molecule has 4 aromatic carbocycles. The van der Waals surface area contributed by atoms with Crippen LogP contribution in [0.2, 0.25) is 0 Å². The maximum Gasteiger partial charge on any atom is 0.336 e. The highest BCUT2D eigenvalue weighted by Crippen LogP contribution is 2.29. The lowest BCUT2D eigenvalue weighted by Crippen LogP contribution is -2.11. The van der Waals surface area contributed by atoms with Crippen LogP contribution < -0.4 is 4.74 Å². The van der Waals surface area contributed by atoms with Gasteiger partial charge in [-0.25, -0.2) is 4.79 Å². The van der Waals surface area contributed by atoms with Gasteiger partial charge >= 0.3 is 5.97 Å². The van der Waals surface area contributed by atoms with Gasteiger partial charge in [0.05, 0.1) is 5.56 Å². The number of carbonyl (C=O) groups is 2. The number of para-hydroxylation sites is 1. The molecule has 4 aromatic rings. The van der Waals surface area contributed by atoms with Crippen LogP contribution in [0.1, 0.15) is 26.3 Å². The summed E-state index contributed by atoms with van der Waals surface area (Å²) in [6, 6.07) is 30.2. The van der Waals surface area contributed by atoms with Crippen molar-refractivity contribution in [2.75, 3.05) is 0 Å². The molecule has 0 radical (unpaired) electrons. The molecule has 0 heterocycles. The molecule has 0 aromatic heterocycles. The van der Waals surface area contributed by atoms with Gasteiger partial charge in [0.1, 0.15) is 11.5 Å². The maximum atomic E-state index is 13.3. The number of carboxylic acid groups (broad SMARTS) is 1. The Balaban J connectivity index is 1.71. The van der Waals surface area contributed by atoms with Gasteiger partial charge in [0.25, 0.3) is 0 Å². The summed E-state index contributed by atoms with van der Waals surface area (Å²) in [7, 11) is 0. The molecular formula is C26H18O4. The molecular weight excluding hydrogens is 376 g/mol. The molecule has 0 fully saturated rings. The largest absolute Gasteiger partial charge is 0.478 e. The lowest BCUT2D eigenvalue weighted by molar-refractivity contribution is 0.0693. The Bertz CT molecular complexity index is 1180. The minimum Gasteiger partial charge on any atom is -0.478 e. The number of aromatic carboxylic acids is 1. The van der Waals surface area contributed by atoms with Crippen molar-refractivity contribution < 1.29 is 19.4 Å². The summed E-state index contributed by atoms with van der Waals surface area (Å²) >= 11 is 0. The van der Waals surface area contributed by atoms with Gasteiger partial charge < -0.3 is 9.84 Å². The van der Waals surface area contributed by atoms with Crippen LogP contribution in [0, 0.1) is 0 Å². The second-order valence-electron chi connectivity index (χ2n) is 6.67. The zero-order valence-electron chi connectivity index (χ0n) is 16.0. The van der Waals surface area contributed by atoms with Crippen LogP contribution in [0.15, 0.2) is 103 Å². The molecule has 0 atom stereocenters. The number of carbonyl (C=O) groups excluding carboxylic acids is 1. The number of hydrogen-bond acceptors (Lipinski definition) is 3. The lowest BCUT2D eigenvalue weighted by atomic mass is 9.90. The Labute approximate surface area is 174 Å². The predicted molar refractivity (Wildman–Crippen MR) is 115 cm³/mol. The fraction of sp³-hybridized carbons (Fsp3) is 0. The van der Waals surface area contributed by atoms with E-state index in [0.29, 0.717) is 22.6 Å². The summed E-state index contributed by atoms with van der Waals surface area (Å²) < 4.78 is 5.77. The van der Waals surface area contributed by atoms with Crippen molar-refractivity contribution in [2.24, 2.45) is 0 Å². The minimum absolute atomic E-state index is 0.0223. The maximum absolute atomic E-state index is 13.3. The van der Waals surface area contributed by atoms with Gasteiger partial charge in [-0.3, -0.25) is 4.79 Å². The molecule has 4 nitrogen and oxygen atoms in total. The zero-order valence-corrected chi connectivity index (χ0v) is 16.0. The highest BCUT2D eigenvalue weighted by molar-refractivity contribution is 6.17. The standard InChI is InChI=1S/C26H18O4/c27-25(19-14-16-21(17-15-19)30-20-10-5-2-6-11-20)24-22(18-8-3-1-4-9-18)12-7-13-23(24)26(28)29/h1-17H,(H,28,29). The molecule has 4 rings (SSSR count). The lowest BCUT2D eigenvalue weighted by Gasteiger charge is -2.13. The Kier molecular flexibility index (Phi) is 5.39. The predicted octanol–water partition coefficient (Wildman–Crippen LogP) is 6.08. The minimum atomic E-state index is -1.14. The van der Waals surface area contributed by atoms with Gasteiger partial charge in [0, 0.05) is 11.1 Å². The number of carboxylic acids is 1. The molecule has 146 valence electrons. The van der Waals surface area contributed by atoms with Gasteiger partial charge in [-0.05, 0) is 53.6 Å². The van der Waals surface area contributed by atoms with Crippen LogP contribution in [0.25, 0.3) is 11.1 Å².